The molecule has 0 aromatic rings. The zero-order chi connectivity index (χ0) is 11.3. The molecule has 2 atom stereocenters. The molecule has 0 heterocycles. The van der Waals surface area contributed by atoms with Crippen molar-refractivity contribution < 1.29 is 0 Å². The molecule has 0 fully saturated rings. The molecular formula is C15H26. The largest absolute Gasteiger partial charge is 0.0859 e. The van der Waals surface area contributed by atoms with Crippen LogP contribution in [-0.4, -0.2) is 0 Å². The fraction of sp³-hybridized carbons (Fsp3) is 0.733. The van der Waals surface area contributed by atoms with Gasteiger partial charge in [-0.25, -0.2) is 0 Å². The Morgan fingerprint density at radius 3 is 2.80 bits per heavy atom. The Hall–Kier alpha value is -0.520. The lowest BCUT2D eigenvalue weighted by atomic mass is 9.80. The van der Waals surface area contributed by atoms with Crippen LogP contribution >= 0.6 is 0 Å². The van der Waals surface area contributed by atoms with Crippen molar-refractivity contribution in [3.05, 3.63) is 23.3 Å². The molecule has 0 aliphatic heterocycles. The second kappa shape index (κ2) is 6.15. The van der Waals surface area contributed by atoms with Gasteiger partial charge in [0.2, 0.25) is 0 Å². The van der Waals surface area contributed by atoms with E-state index in [4.69, 9.17) is 0 Å². The van der Waals surface area contributed by atoms with Gasteiger partial charge in [0.1, 0.15) is 0 Å². The zero-order valence-electron chi connectivity index (χ0n) is 10.8. The minimum Gasteiger partial charge on any atom is -0.0859 e. The summed E-state index contributed by atoms with van der Waals surface area (Å²) >= 11 is 0. The van der Waals surface area contributed by atoms with Crippen LogP contribution in [0.2, 0.25) is 0 Å². The first kappa shape index (κ1) is 12.5. The Balaban J connectivity index is 2.29. The van der Waals surface area contributed by atoms with Crippen molar-refractivity contribution in [1.82, 2.24) is 0 Å². The molecule has 0 amide bonds. The zero-order valence-corrected chi connectivity index (χ0v) is 10.8. The highest BCUT2D eigenvalue weighted by atomic mass is 14.2. The van der Waals surface area contributed by atoms with E-state index in [-0.39, 0.29) is 0 Å². The summed E-state index contributed by atoms with van der Waals surface area (Å²) in [5.41, 5.74) is 3.06. The summed E-state index contributed by atoms with van der Waals surface area (Å²) in [5, 5.41) is 0. The van der Waals surface area contributed by atoms with Crippen LogP contribution in [0.5, 0.6) is 0 Å². The van der Waals surface area contributed by atoms with Crippen molar-refractivity contribution in [2.24, 2.45) is 11.8 Å². The lowest BCUT2D eigenvalue weighted by Gasteiger charge is -2.26. The maximum absolute atomic E-state index is 2.45. The second-order valence-corrected chi connectivity index (χ2v) is 5.42. The Kier molecular flexibility index (Phi) is 5.14. The minimum absolute atomic E-state index is 0.893. The molecule has 0 saturated heterocycles. The quantitative estimate of drug-likeness (QED) is 0.560. The van der Waals surface area contributed by atoms with E-state index in [1.54, 1.807) is 5.57 Å². The molecule has 0 radical (unpaired) electrons. The predicted molar refractivity (Wildman–Crippen MR) is 68.9 cm³/mol. The third kappa shape index (κ3) is 4.68. The fourth-order valence-electron chi connectivity index (χ4n) is 2.37. The molecule has 0 unspecified atom stereocenters. The van der Waals surface area contributed by atoms with Crippen LogP contribution in [0.15, 0.2) is 23.3 Å². The monoisotopic (exact) mass is 206 g/mol. The molecular weight excluding hydrogens is 180 g/mol. The van der Waals surface area contributed by atoms with Crippen LogP contribution < -0.4 is 0 Å². The van der Waals surface area contributed by atoms with Gasteiger partial charge in [0.05, 0.1) is 0 Å². The normalized spacial score (nSPS) is 23.2. The summed E-state index contributed by atoms with van der Waals surface area (Å²) in [6.07, 6.45) is 11.5. The van der Waals surface area contributed by atoms with E-state index in [1.165, 1.54) is 37.7 Å². The number of rotatable bonds is 4. The molecule has 0 N–H and O–H groups in total. The van der Waals surface area contributed by atoms with E-state index in [0.717, 1.165) is 11.8 Å². The van der Waals surface area contributed by atoms with Gasteiger partial charge in [-0.15, -0.1) is 0 Å². The predicted octanol–water partition coefficient (Wildman–Crippen LogP) is 5.12. The highest BCUT2D eigenvalue weighted by Gasteiger charge is 2.18. The third-order valence-electron chi connectivity index (χ3n) is 3.66. The van der Waals surface area contributed by atoms with Crippen molar-refractivity contribution in [1.29, 1.82) is 0 Å². The standard InChI is InChI=1S/C15H26/c1-12(2)6-5-7-14(4)15-10-8-13(3)9-11-15/h6,8,14-15H,5,7,9-11H2,1-4H3/t14-,15+/m0/s1. The third-order valence-corrected chi connectivity index (χ3v) is 3.66. The van der Waals surface area contributed by atoms with Crippen LogP contribution in [0.3, 0.4) is 0 Å². The average Bonchev–Trinajstić information content (AvgIpc) is 2.18. The smallest absolute Gasteiger partial charge is 0.0317 e. The summed E-state index contributed by atoms with van der Waals surface area (Å²) in [6, 6.07) is 0. The van der Waals surface area contributed by atoms with Gasteiger partial charge in [0, 0.05) is 0 Å². The van der Waals surface area contributed by atoms with E-state index in [0.29, 0.717) is 0 Å². The van der Waals surface area contributed by atoms with E-state index in [2.05, 4.69) is 39.8 Å². The lowest BCUT2D eigenvalue weighted by Crippen LogP contribution is -2.14. The van der Waals surface area contributed by atoms with Crippen LogP contribution in [0.1, 0.15) is 59.8 Å². The summed E-state index contributed by atoms with van der Waals surface area (Å²) in [4.78, 5) is 0. The molecule has 86 valence electrons. The molecule has 0 aromatic carbocycles. The number of allylic oxidation sites excluding steroid dienone is 4. The number of hydrogen-bond acceptors (Lipinski definition) is 0. The van der Waals surface area contributed by atoms with Gasteiger partial charge >= 0.3 is 0 Å². The van der Waals surface area contributed by atoms with Crippen molar-refractivity contribution in [2.45, 2.75) is 59.8 Å². The van der Waals surface area contributed by atoms with Crippen molar-refractivity contribution in [3.63, 3.8) is 0 Å². The fourth-order valence-corrected chi connectivity index (χ4v) is 2.37. The van der Waals surface area contributed by atoms with Gasteiger partial charge in [-0.1, -0.05) is 30.2 Å². The van der Waals surface area contributed by atoms with Gasteiger partial charge in [0.15, 0.2) is 0 Å². The number of hydrogen-bond donors (Lipinski definition) is 0. The minimum atomic E-state index is 0.893. The SMILES string of the molecule is CC(C)=CCC[C@H](C)[C@@H]1CC=C(C)CC1. The van der Waals surface area contributed by atoms with E-state index < -0.39 is 0 Å². The summed E-state index contributed by atoms with van der Waals surface area (Å²) in [5.74, 6) is 1.84. The molecule has 0 nitrogen and oxygen atoms in total. The van der Waals surface area contributed by atoms with Crippen molar-refractivity contribution in [3.8, 4) is 0 Å². The average molecular weight is 206 g/mol. The van der Waals surface area contributed by atoms with Gasteiger partial charge in [0.25, 0.3) is 0 Å². The van der Waals surface area contributed by atoms with E-state index in [1.807, 2.05) is 0 Å². The lowest BCUT2D eigenvalue weighted by molar-refractivity contribution is 0.312. The van der Waals surface area contributed by atoms with Crippen LogP contribution in [0.25, 0.3) is 0 Å². The van der Waals surface area contributed by atoms with E-state index >= 15 is 0 Å². The molecule has 1 aliphatic rings. The molecule has 0 heteroatoms. The Labute approximate surface area is 95.5 Å². The van der Waals surface area contributed by atoms with E-state index in [9.17, 15) is 0 Å². The molecule has 15 heavy (non-hydrogen) atoms. The summed E-state index contributed by atoms with van der Waals surface area (Å²) in [6.45, 7) is 9.08. The summed E-state index contributed by atoms with van der Waals surface area (Å²) in [7, 11) is 0. The highest BCUT2D eigenvalue weighted by molar-refractivity contribution is 5.03. The van der Waals surface area contributed by atoms with Crippen LogP contribution in [-0.2, 0) is 0 Å². The molecule has 0 bridgehead atoms. The molecule has 0 aromatic heterocycles. The molecule has 0 saturated carbocycles. The Bertz CT molecular complexity index is 241. The Morgan fingerprint density at radius 1 is 1.53 bits per heavy atom. The molecule has 1 rings (SSSR count). The summed E-state index contributed by atoms with van der Waals surface area (Å²) < 4.78 is 0. The van der Waals surface area contributed by atoms with Crippen LogP contribution in [0, 0.1) is 11.8 Å². The maximum atomic E-state index is 2.45. The highest BCUT2D eigenvalue weighted by Crippen LogP contribution is 2.31. The van der Waals surface area contributed by atoms with Crippen molar-refractivity contribution >= 4 is 0 Å². The first-order valence-corrected chi connectivity index (χ1v) is 6.38. The second-order valence-electron chi connectivity index (χ2n) is 5.42. The Morgan fingerprint density at radius 2 is 2.27 bits per heavy atom. The van der Waals surface area contributed by atoms with Crippen molar-refractivity contribution in [2.75, 3.05) is 0 Å². The first-order valence-electron chi connectivity index (χ1n) is 6.38. The molecule has 0 spiro atoms. The van der Waals surface area contributed by atoms with Gasteiger partial charge in [-0.2, -0.15) is 0 Å². The van der Waals surface area contributed by atoms with Gasteiger partial charge in [-0.05, 0) is 64.7 Å². The van der Waals surface area contributed by atoms with Gasteiger partial charge in [-0.3, -0.25) is 0 Å². The molecule has 1 aliphatic carbocycles. The van der Waals surface area contributed by atoms with Gasteiger partial charge < -0.3 is 0 Å². The first-order chi connectivity index (χ1) is 7.09. The maximum Gasteiger partial charge on any atom is -0.0317 e. The topological polar surface area (TPSA) is 0 Å². The van der Waals surface area contributed by atoms with Crippen LogP contribution in [0.4, 0.5) is 0 Å².